The fourth-order valence-corrected chi connectivity index (χ4v) is 2.55. The maximum Gasteiger partial charge on any atom is 0.253 e. The lowest BCUT2D eigenvalue weighted by Crippen LogP contribution is -2.22. The predicted octanol–water partition coefficient (Wildman–Crippen LogP) is 4.32. The number of nitrogens with zero attached hydrogens (tertiary/aromatic N) is 1. The van der Waals surface area contributed by atoms with Crippen molar-refractivity contribution in [3.8, 4) is 5.75 Å². The van der Waals surface area contributed by atoms with Gasteiger partial charge < -0.3 is 19.8 Å². The summed E-state index contributed by atoms with van der Waals surface area (Å²) in [6, 6.07) is 8.91. The van der Waals surface area contributed by atoms with E-state index in [0.29, 0.717) is 34.3 Å². The molecule has 0 saturated heterocycles. The first-order valence-corrected chi connectivity index (χ1v) is 8.31. The highest BCUT2D eigenvalue weighted by atomic mass is 35.5. The van der Waals surface area contributed by atoms with Crippen LogP contribution >= 0.6 is 11.6 Å². The first-order valence-electron chi connectivity index (χ1n) is 7.93. The number of carbonyl (C=O) groups excluding carboxylic acids is 1. The van der Waals surface area contributed by atoms with Crippen molar-refractivity contribution in [2.45, 2.75) is 13.5 Å². The third kappa shape index (κ3) is 4.15. The van der Waals surface area contributed by atoms with Crippen LogP contribution in [0.25, 0.3) is 0 Å². The van der Waals surface area contributed by atoms with E-state index in [0.717, 1.165) is 11.3 Å². The van der Waals surface area contributed by atoms with Crippen molar-refractivity contribution in [2.24, 2.45) is 0 Å². The van der Waals surface area contributed by atoms with Crippen molar-refractivity contribution in [2.75, 3.05) is 12.4 Å². The van der Waals surface area contributed by atoms with Crippen LogP contribution in [-0.4, -0.2) is 18.0 Å². The van der Waals surface area contributed by atoms with Gasteiger partial charge in [0.25, 0.3) is 5.91 Å². The van der Waals surface area contributed by atoms with Crippen molar-refractivity contribution in [3.63, 3.8) is 0 Å². The molecule has 3 rings (SSSR count). The van der Waals surface area contributed by atoms with Crippen LogP contribution in [0.2, 0.25) is 5.02 Å². The second-order valence-corrected chi connectivity index (χ2v) is 6.06. The molecule has 1 amide bonds. The Bertz CT molecular complexity index is 910. The zero-order chi connectivity index (χ0) is 18.5. The van der Waals surface area contributed by atoms with Crippen LogP contribution in [0.1, 0.15) is 21.7 Å². The molecular weight excluding hydrogens is 354 g/mol. The van der Waals surface area contributed by atoms with Gasteiger partial charge in [-0.05, 0) is 36.8 Å². The van der Waals surface area contributed by atoms with E-state index in [2.05, 4.69) is 15.6 Å². The van der Waals surface area contributed by atoms with Crippen molar-refractivity contribution in [1.82, 2.24) is 10.3 Å². The minimum atomic E-state index is -0.239. The minimum Gasteiger partial charge on any atom is -0.495 e. The summed E-state index contributed by atoms with van der Waals surface area (Å²) in [5, 5.41) is 6.62. The monoisotopic (exact) mass is 371 g/mol. The molecule has 26 heavy (non-hydrogen) atoms. The van der Waals surface area contributed by atoms with Crippen LogP contribution < -0.4 is 15.4 Å². The number of hydrogen-bond donors (Lipinski definition) is 2. The molecule has 0 spiro atoms. The molecule has 0 radical (unpaired) electrons. The fraction of sp³-hybridized carbons (Fsp3) is 0.158. The summed E-state index contributed by atoms with van der Waals surface area (Å²) >= 11 is 6.13. The Morgan fingerprint density at radius 2 is 2.15 bits per heavy atom. The lowest BCUT2D eigenvalue weighted by molar-refractivity contribution is 0.0947. The second-order valence-electron chi connectivity index (χ2n) is 5.65. The molecule has 0 saturated carbocycles. The predicted molar refractivity (Wildman–Crippen MR) is 100 cm³/mol. The molecule has 7 heteroatoms. The Hall–Kier alpha value is -2.99. The van der Waals surface area contributed by atoms with Crippen molar-refractivity contribution < 1.29 is 13.9 Å². The molecule has 2 N–H and O–H groups in total. The number of carbonyl (C=O) groups is 1. The number of amides is 1. The van der Waals surface area contributed by atoms with E-state index in [-0.39, 0.29) is 5.91 Å². The van der Waals surface area contributed by atoms with Gasteiger partial charge in [-0.1, -0.05) is 11.6 Å². The van der Waals surface area contributed by atoms with Gasteiger partial charge in [-0.3, -0.25) is 9.78 Å². The van der Waals surface area contributed by atoms with E-state index in [4.69, 9.17) is 20.8 Å². The number of pyridine rings is 1. The Labute approximate surface area is 156 Å². The number of aromatic nitrogens is 1. The fourth-order valence-electron chi connectivity index (χ4n) is 2.40. The van der Waals surface area contributed by atoms with Gasteiger partial charge >= 0.3 is 0 Å². The zero-order valence-corrected chi connectivity index (χ0v) is 15.1. The normalized spacial score (nSPS) is 10.4. The molecule has 0 aliphatic heterocycles. The first-order chi connectivity index (χ1) is 12.6. The second kappa shape index (κ2) is 7.93. The Balaban J connectivity index is 1.75. The average Bonchev–Trinajstić information content (AvgIpc) is 3.16. The highest BCUT2D eigenvalue weighted by molar-refractivity contribution is 6.31. The molecule has 134 valence electrons. The van der Waals surface area contributed by atoms with Crippen LogP contribution in [-0.2, 0) is 6.54 Å². The number of ether oxygens (including phenoxy) is 1. The van der Waals surface area contributed by atoms with Crippen LogP contribution in [0.5, 0.6) is 5.75 Å². The Morgan fingerprint density at radius 1 is 1.31 bits per heavy atom. The smallest absolute Gasteiger partial charge is 0.253 e. The lowest BCUT2D eigenvalue weighted by atomic mass is 10.2. The highest BCUT2D eigenvalue weighted by Crippen LogP contribution is 2.33. The quantitative estimate of drug-likeness (QED) is 0.674. The van der Waals surface area contributed by atoms with Crippen LogP contribution in [0.3, 0.4) is 0 Å². The van der Waals surface area contributed by atoms with E-state index < -0.39 is 0 Å². The van der Waals surface area contributed by atoms with Gasteiger partial charge in [0.05, 0.1) is 43.1 Å². The van der Waals surface area contributed by atoms with Crippen LogP contribution in [0.15, 0.2) is 53.4 Å². The Morgan fingerprint density at radius 3 is 2.88 bits per heavy atom. The number of nitrogens with one attached hydrogen (secondary N) is 2. The molecular formula is C19H18ClN3O3. The lowest BCUT2D eigenvalue weighted by Gasteiger charge is -2.13. The van der Waals surface area contributed by atoms with Crippen LogP contribution in [0.4, 0.5) is 11.4 Å². The van der Waals surface area contributed by atoms with E-state index in [1.807, 2.05) is 13.0 Å². The van der Waals surface area contributed by atoms with Crippen molar-refractivity contribution in [1.29, 1.82) is 0 Å². The standard InChI is InChI=1S/C19H18ClN3O3/c1-12-6-17(18(25-2)8-16(12)20)23-14-7-13(9-21-10-14)19(24)22-11-15-4-3-5-26-15/h3-10,23H,11H2,1-2H3,(H,22,24). The molecule has 0 fully saturated rings. The number of aryl methyl sites for hydroxylation is 1. The van der Waals surface area contributed by atoms with E-state index >= 15 is 0 Å². The summed E-state index contributed by atoms with van der Waals surface area (Å²) in [6.45, 7) is 2.22. The molecule has 0 aliphatic carbocycles. The molecule has 0 atom stereocenters. The number of hydrogen-bond acceptors (Lipinski definition) is 5. The molecule has 1 aromatic carbocycles. The molecule has 6 nitrogen and oxygen atoms in total. The summed E-state index contributed by atoms with van der Waals surface area (Å²) in [4.78, 5) is 16.4. The summed E-state index contributed by atoms with van der Waals surface area (Å²) in [6.07, 6.45) is 4.70. The van der Waals surface area contributed by atoms with Gasteiger partial charge in [-0.15, -0.1) is 0 Å². The third-order valence-corrected chi connectivity index (χ3v) is 4.17. The maximum absolute atomic E-state index is 12.3. The van der Waals surface area contributed by atoms with E-state index in [9.17, 15) is 4.79 Å². The van der Waals surface area contributed by atoms with Gasteiger partial charge in [-0.25, -0.2) is 0 Å². The van der Waals surface area contributed by atoms with Gasteiger partial charge in [-0.2, -0.15) is 0 Å². The molecule has 2 heterocycles. The minimum absolute atomic E-state index is 0.239. The topological polar surface area (TPSA) is 76.4 Å². The SMILES string of the molecule is COc1cc(Cl)c(C)cc1Nc1cncc(C(=O)NCc2ccco2)c1. The molecule has 0 bridgehead atoms. The van der Waals surface area contributed by atoms with Gasteiger partial charge in [0.1, 0.15) is 11.5 Å². The van der Waals surface area contributed by atoms with Crippen molar-refractivity contribution >= 4 is 28.9 Å². The highest BCUT2D eigenvalue weighted by Gasteiger charge is 2.11. The molecule has 2 aromatic heterocycles. The molecule has 0 unspecified atom stereocenters. The number of benzene rings is 1. The van der Waals surface area contributed by atoms with Gasteiger partial charge in [0.2, 0.25) is 0 Å². The number of anilines is 2. The number of methoxy groups -OCH3 is 1. The molecule has 0 aliphatic rings. The summed E-state index contributed by atoms with van der Waals surface area (Å²) < 4.78 is 10.6. The zero-order valence-electron chi connectivity index (χ0n) is 14.4. The third-order valence-electron chi connectivity index (χ3n) is 3.76. The van der Waals surface area contributed by atoms with Crippen molar-refractivity contribution in [3.05, 3.63) is 70.9 Å². The number of furan rings is 1. The Kier molecular flexibility index (Phi) is 5.43. The molecule has 3 aromatic rings. The maximum atomic E-state index is 12.3. The van der Waals surface area contributed by atoms with Crippen LogP contribution in [0, 0.1) is 6.92 Å². The summed E-state index contributed by atoms with van der Waals surface area (Å²) in [7, 11) is 1.57. The largest absolute Gasteiger partial charge is 0.495 e. The number of halogens is 1. The van der Waals surface area contributed by atoms with E-state index in [1.54, 1.807) is 43.8 Å². The first kappa shape index (κ1) is 17.8. The average molecular weight is 372 g/mol. The summed E-state index contributed by atoms with van der Waals surface area (Å²) in [5.74, 6) is 1.05. The number of rotatable bonds is 6. The van der Waals surface area contributed by atoms with Gasteiger partial charge in [0.15, 0.2) is 0 Å². The van der Waals surface area contributed by atoms with Gasteiger partial charge in [0, 0.05) is 17.3 Å². The summed E-state index contributed by atoms with van der Waals surface area (Å²) in [5.41, 5.74) is 2.75. The van der Waals surface area contributed by atoms with E-state index in [1.165, 1.54) is 6.20 Å².